The van der Waals surface area contributed by atoms with Crippen LogP contribution < -0.4 is 5.32 Å². The second-order valence-corrected chi connectivity index (χ2v) is 8.38. The van der Waals surface area contributed by atoms with Gasteiger partial charge in [-0.15, -0.1) is 11.8 Å². The second kappa shape index (κ2) is 6.94. The maximum Gasteiger partial charge on any atom is 0.0259 e. The van der Waals surface area contributed by atoms with E-state index in [0.29, 0.717) is 12.1 Å². The molecule has 1 nitrogen and oxygen atoms in total. The fraction of sp³-hybridized carbons (Fsp3) is 0.250. The number of nitrogens with one attached hydrogen (secondary N) is 1. The molecule has 2 atom stereocenters. The van der Waals surface area contributed by atoms with Crippen molar-refractivity contribution in [3.8, 4) is 0 Å². The van der Waals surface area contributed by atoms with Crippen molar-refractivity contribution in [2.45, 2.75) is 42.0 Å². The van der Waals surface area contributed by atoms with Gasteiger partial charge in [0.05, 0.1) is 0 Å². The molecule has 2 aliphatic heterocycles. The number of hydrogen-bond acceptors (Lipinski definition) is 2. The molecule has 2 heteroatoms. The van der Waals surface area contributed by atoms with Gasteiger partial charge >= 0.3 is 0 Å². The monoisotopic (exact) mass is 357 g/mol. The second-order valence-electron chi connectivity index (χ2n) is 7.37. The summed E-state index contributed by atoms with van der Waals surface area (Å²) in [6, 6.07) is 25.5. The maximum absolute atomic E-state index is 3.71. The Balaban J connectivity index is 1.43. The third kappa shape index (κ3) is 3.08. The van der Waals surface area contributed by atoms with Crippen LogP contribution in [-0.2, 0) is 5.75 Å². The predicted molar refractivity (Wildman–Crippen MR) is 112 cm³/mol. The highest BCUT2D eigenvalue weighted by atomic mass is 32.2. The van der Waals surface area contributed by atoms with Crippen LogP contribution >= 0.6 is 11.8 Å². The van der Waals surface area contributed by atoms with Crippen molar-refractivity contribution in [1.82, 2.24) is 5.32 Å². The molecule has 0 radical (unpaired) electrons. The molecule has 2 unspecified atom stereocenters. The van der Waals surface area contributed by atoms with Gasteiger partial charge in [-0.05, 0) is 52.8 Å². The number of benzene rings is 3. The van der Waals surface area contributed by atoms with Crippen molar-refractivity contribution in [3.05, 3.63) is 83.9 Å². The average molecular weight is 358 g/mol. The Kier molecular flexibility index (Phi) is 4.32. The predicted octanol–water partition coefficient (Wildman–Crippen LogP) is 6.04. The van der Waals surface area contributed by atoms with Crippen LogP contribution in [0.2, 0.25) is 0 Å². The van der Waals surface area contributed by atoms with Crippen molar-refractivity contribution in [3.63, 3.8) is 0 Å². The largest absolute Gasteiger partial charge is 0.307 e. The zero-order chi connectivity index (χ0) is 17.3. The number of rotatable bonds is 4. The molecule has 2 bridgehead atoms. The lowest BCUT2D eigenvalue weighted by molar-refractivity contribution is 0.575. The van der Waals surface area contributed by atoms with Crippen molar-refractivity contribution in [2.75, 3.05) is 0 Å². The first-order valence-corrected chi connectivity index (χ1v) is 10.5. The average Bonchev–Trinajstić information content (AvgIpc) is 3.04. The van der Waals surface area contributed by atoms with E-state index in [0.717, 1.165) is 5.75 Å². The van der Waals surface area contributed by atoms with E-state index in [4.69, 9.17) is 0 Å². The van der Waals surface area contributed by atoms with Crippen molar-refractivity contribution >= 4 is 28.1 Å². The third-order valence-corrected chi connectivity index (χ3v) is 6.76. The molecule has 1 saturated heterocycles. The molecule has 2 heterocycles. The first-order valence-electron chi connectivity index (χ1n) is 9.52. The van der Waals surface area contributed by atoms with E-state index < -0.39 is 0 Å². The molecule has 0 aromatic heterocycles. The highest BCUT2D eigenvalue weighted by Gasteiger charge is 2.28. The molecule has 130 valence electrons. The van der Waals surface area contributed by atoms with Gasteiger partial charge in [-0.25, -0.2) is 0 Å². The number of fused-ring (bicyclic) bond motifs is 3. The summed E-state index contributed by atoms with van der Waals surface area (Å²) in [5.74, 6) is 1.02. The van der Waals surface area contributed by atoms with Gasteiger partial charge < -0.3 is 5.32 Å². The van der Waals surface area contributed by atoms with E-state index in [1.54, 1.807) is 5.57 Å². The topological polar surface area (TPSA) is 12.0 Å². The Labute approximate surface area is 159 Å². The molecule has 0 aliphatic carbocycles. The molecule has 26 heavy (non-hydrogen) atoms. The van der Waals surface area contributed by atoms with E-state index >= 15 is 0 Å². The lowest BCUT2D eigenvalue weighted by Gasteiger charge is -2.23. The van der Waals surface area contributed by atoms with Gasteiger partial charge in [-0.1, -0.05) is 66.7 Å². The minimum Gasteiger partial charge on any atom is -0.307 e. The van der Waals surface area contributed by atoms with Crippen molar-refractivity contribution in [2.24, 2.45) is 0 Å². The van der Waals surface area contributed by atoms with E-state index in [1.165, 1.54) is 46.1 Å². The third-order valence-electron chi connectivity index (χ3n) is 5.64. The minimum absolute atomic E-state index is 0.586. The Morgan fingerprint density at radius 3 is 2.69 bits per heavy atom. The summed E-state index contributed by atoms with van der Waals surface area (Å²) in [6.45, 7) is 0. The number of hydrogen-bond donors (Lipinski definition) is 1. The molecule has 1 fully saturated rings. The van der Waals surface area contributed by atoms with E-state index in [-0.39, 0.29) is 0 Å². The number of thioether (sulfide) groups is 1. The van der Waals surface area contributed by atoms with Crippen LogP contribution in [0.1, 0.15) is 30.4 Å². The Morgan fingerprint density at radius 1 is 0.885 bits per heavy atom. The summed E-state index contributed by atoms with van der Waals surface area (Å²) in [5.41, 5.74) is 4.46. The molecule has 3 aromatic carbocycles. The lowest BCUT2D eigenvalue weighted by Crippen LogP contribution is -2.32. The summed E-state index contributed by atoms with van der Waals surface area (Å²) < 4.78 is 0. The van der Waals surface area contributed by atoms with Crippen molar-refractivity contribution < 1.29 is 0 Å². The molecule has 3 aromatic rings. The summed E-state index contributed by atoms with van der Waals surface area (Å²) >= 11 is 1.96. The van der Waals surface area contributed by atoms with Crippen LogP contribution in [0.3, 0.4) is 0 Å². The molecule has 0 amide bonds. The van der Waals surface area contributed by atoms with Crippen LogP contribution in [-0.4, -0.2) is 12.1 Å². The summed E-state index contributed by atoms with van der Waals surface area (Å²) in [5, 5.41) is 6.39. The first kappa shape index (κ1) is 16.2. The van der Waals surface area contributed by atoms with Gasteiger partial charge in [0.25, 0.3) is 0 Å². The van der Waals surface area contributed by atoms with Gasteiger partial charge in [0.2, 0.25) is 0 Å². The SMILES string of the molecule is C1=C(c2ccccc2CSc2cccc3ccccc23)CC2CCC1N2. The molecule has 1 N–H and O–H groups in total. The Hall–Kier alpha value is -2.03. The van der Waals surface area contributed by atoms with Crippen LogP contribution in [0, 0.1) is 0 Å². The smallest absolute Gasteiger partial charge is 0.0259 e. The summed E-state index contributed by atoms with van der Waals surface area (Å²) in [6.07, 6.45) is 6.26. The van der Waals surface area contributed by atoms with Gasteiger partial charge in [-0.3, -0.25) is 0 Å². The van der Waals surface area contributed by atoms with Crippen LogP contribution in [0.15, 0.2) is 77.7 Å². The van der Waals surface area contributed by atoms with Crippen LogP contribution in [0.5, 0.6) is 0 Å². The molecule has 2 aliphatic rings. The molecular weight excluding hydrogens is 334 g/mol. The molecule has 0 saturated carbocycles. The molecular formula is C24H23NS. The van der Waals surface area contributed by atoms with Crippen LogP contribution in [0.25, 0.3) is 16.3 Å². The lowest BCUT2D eigenvalue weighted by atomic mass is 9.93. The van der Waals surface area contributed by atoms with Crippen LogP contribution in [0.4, 0.5) is 0 Å². The normalized spacial score (nSPS) is 21.8. The van der Waals surface area contributed by atoms with Gasteiger partial charge in [0.15, 0.2) is 0 Å². The molecule has 5 rings (SSSR count). The van der Waals surface area contributed by atoms with Gasteiger partial charge in [0.1, 0.15) is 0 Å². The Bertz CT molecular complexity index is 969. The summed E-state index contributed by atoms with van der Waals surface area (Å²) in [4.78, 5) is 1.37. The minimum atomic E-state index is 0.586. The summed E-state index contributed by atoms with van der Waals surface area (Å²) in [7, 11) is 0. The highest BCUT2D eigenvalue weighted by molar-refractivity contribution is 7.98. The standard InChI is InChI=1S/C24H23NS/c1-4-10-23-17(6-1)8-5-11-24(23)26-16-18-7-2-3-9-22(18)19-14-20-12-13-21(15-19)25-20/h1-11,14,20-21,25H,12-13,15-16H2. The van der Waals surface area contributed by atoms with E-state index in [1.807, 2.05) is 11.8 Å². The Morgan fingerprint density at radius 2 is 1.73 bits per heavy atom. The molecule has 0 spiro atoms. The zero-order valence-corrected chi connectivity index (χ0v) is 15.6. The van der Waals surface area contributed by atoms with E-state index in [9.17, 15) is 0 Å². The van der Waals surface area contributed by atoms with Gasteiger partial charge in [-0.2, -0.15) is 0 Å². The van der Waals surface area contributed by atoms with E-state index in [2.05, 4.69) is 78.1 Å². The quantitative estimate of drug-likeness (QED) is 0.571. The highest BCUT2D eigenvalue weighted by Crippen LogP contribution is 2.36. The maximum atomic E-state index is 3.71. The first-order chi connectivity index (χ1) is 12.9. The van der Waals surface area contributed by atoms with Crippen molar-refractivity contribution in [1.29, 1.82) is 0 Å². The fourth-order valence-corrected chi connectivity index (χ4v) is 5.43. The fourth-order valence-electron chi connectivity index (χ4n) is 4.36. The van der Waals surface area contributed by atoms with Gasteiger partial charge in [0, 0.05) is 22.7 Å². The zero-order valence-electron chi connectivity index (χ0n) is 14.8.